The molecule has 1 saturated carbocycles. The van der Waals surface area contributed by atoms with E-state index in [0.29, 0.717) is 0 Å². The van der Waals surface area contributed by atoms with Crippen molar-refractivity contribution in [3.63, 3.8) is 0 Å². The van der Waals surface area contributed by atoms with Crippen LogP contribution in [0.3, 0.4) is 0 Å². The number of aliphatic hydroxyl groups is 2. The van der Waals surface area contributed by atoms with Crippen LogP contribution in [-0.4, -0.2) is 47.5 Å². The van der Waals surface area contributed by atoms with Crippen molar-refractivity contribution in [1.29, 1.82) is 0 Å². The summed E-state index contributed by atoms with van der Waals surface area (Å²) in [4.78, 5) is 2.18. The fraction of sp³-hybridized carbons (Fsp3) is 1.00. The first-order valence-corrected chi connectivity index (χ1v) is 5.89. The summed E-state index contributed by atoms with van der Waals surface area (Å²) in [5.74, 6) is 0. The Balaban J connectivity index is 2.59. The van der Waals surface area contributed by atoms with Crippen LogP contribution >= 0.6 is 0 Å². The minimum absolute atomic E-state index is 0.0845. The first-order chi connectivity index (χ1) is 6.96. The predicted octanol–water partition coefficient (Wildman–Crippen LogP) is 1.24. The average Bonchev–Trinajstić information content (AvgIpc) is 2.67. The Morgan fingerprint density at radius 1 is 1.20 bits per heavy atom. The number of hydrogen-bond donors (Lipinski definition) is 2. The second-order valence-electron chi connectivity index (χ2n) is 5.69. The molecule has 0 unspecified atom stereocenters. The Morgan fingerprint density at radius 3 is 2.13 bits per heavy atom. The Labute approximate surface area is 93.1 Å². The van der Waals surface area contributed by atoms with Crippen molar-refractivity contribution in [2.45, 2.75) is 45.1 Å². The van der Waals surface area contributed by atoms with Crippen molar-refractivity contribution in [1.82, 2.24) is 4.90 Å². The van der Waals surface area contributed by atoms with Crippen LogP contribution in [0.5, 0.6) is 0 Å². The van der Waals surface area contributed by atoms with E-state index in [1.807, 2.05) is 20.9 Å². The van der Waals surface area contributed by atoms with Crippen LogP contribution in [0.2, 0.25) is 0 Å². The van der Waals surface area contributed by atoms with Gasteiger partial charge in [-0.05, 0) is 33.7 Å². The zero-order chi connectivity index (χ0) is 11.5. The van der Waals surface area contributed by atoms with Crippen molar-refractivity contribution in [3.05, 3.63) is 0 Å². The molecule has 3 nitrogen and oxygen atoms in total. The number of hydrogen-bond acceptors (Lipinski definition) is 3. The lowest BCUT2D eigenvalue weighted by atomic mass is 9.85. The maximum atomic E-state index is 9.51. The van der Waals surface area contributed by atoms with Crippen molar-refractivity contribution < 1.29 is 10.2 Å². The Kier molecular flexibility index (Phi) is 4.15. The molecular weight excluding hydrogens is 190 g/mol. The van der Waals surface area contributed by atoms with Crippen LogP contribution < -0.4 is 0 Å². The molecule has 0 aromatic heterocycles. The highest BCUT2D eigenvalue weighted by Gasteiger charge is 2.37. The molecule has 0 radical (unpaired) electrons. The first kappa shape index (κ1) is 12.9. The monoisotopic (exact) mass is 215 g/mol. The Morgan fingerprint density at radius 2 is 1.73 bits per heavy atom. The van der Waals surface area contributed by atoms with E-state index in [2.05, 4.69) is 4.90 Å². The lowest BCUT2D eigenvalue weighted by Crippen LogP contribution is -2.49. The molecule has 0 aromatic carbocycles. The van der Waals surface area contributed by atoms with Gasteiger partial charge < -0.3 is 10.2 Å². The van der Waals surface area contributed by atoms with E-state index in [1.165, 1.54) is 12.8 Å². The third-order valence-electron chi connectivity index (χ3n) is 3.99. The van der Waals surface area contributed by atoms with Gasteiger partial charge in [0, 0.05) is 24.1 Å². The van der Waals surface area contributed by atoms with Gasteiger partial charge in [0.15, 0.2) is 0 Å². The van der Waals surface area contributed by atoms with E-state index >= 15 is 0 Å². The fourth-order valence-electron chi connectivity index (χ4n) is 2.33. The van der Waals surface area contributed by atoms with Crippen molar-refractivity contribution in [3.8, 4) is 0 Å². The highest BCUT2D eigenvalue weighted by Crippen LogP contribution is 2.39. The molecule has 3 heteroatoms. The van der Waals surface area contributed by atoms with Crippen LogP contribution in [-0.2, 0) is 0 Å². The SMILES string of the molecule is CN(CC1(CO)CCCC1)C(C)(C)CO. The summed E-state index contributed by atoms with van der Waals surface area (Å²) in [6.07, 6.45) is 4.70. The van der Waals surface area contributed by atoms with E-state index in [1.54, 1.807) is 0 Å². The number of likely N-dealkylation sites (N-methyl/N-ethyl adjacent to an activating group) is 1. The fourth-order valence-corrected chi connectivity index (χ4v) is 2.33. The van der Waals surface area contributed by atoms with Crippen LogP contribution in [0.1, 0.15) is 39.5 Å². The molecule has 0 aromatic rings. The maximum Gasteiger partial charge on any atom is 0.0609 e. The normalized spacial score (nSPS) is 21.2. The van der Waals surface area contributed by atoms with Gasteiger partial charge in [-0.15, -0.1) is 0 Å². The Bertz CT molecular complexity index is 198. The van der Waals surface area contributed by atoms with E-state index in [-0.39, 0.29) is 24.2 Å². The molecule has 0 aliphatic heterocycles. The largest absolute Gasteiger partial charge is 0.396 e. The number of nitrogens with zero attached hydrogens (tertiary/aromatic N) is 1. The summed E-state index contributed by atoms with van der Waals surface area (Å²) in [5.41, 5.74) is -0.105. The molecule has 0 spiro atoms. The summed E-state index contributed by atoms with van der Waals surface area (Å²) in [5, 5.41) is 18.8. The van der Waals surface area contributed by atoms with Gasteiger partial charge in [-0.3, -0.25) is 4.90 Å². The predicted molar refractivity (Wildman–Crippen MR) is 61.8 cm³/mol. The number of rotatable bonds is 5. The zero-order valence-corrected chi connectivity index (χ0v) is 10.3. The molecule has 0 bridgehead atoms. The minimum atomic E-state index is -0.190. The minimum Gasteiger partial charge on any atom is -0.396 e. The van der Waals surface area contributed by atoms with E-state index in [4.69, 9.17) is 0 Å². The highest BCUT2D eigenvalue weighted by atomic mass is 16.3. The molecule has 2 N–H and O–H groups in total. The molecule has 90 valence electrons. The summed E-state index contributed by atoms with van der Waals surface area (Å²) < 4.78 is 0. The topological polar surface area (TPSA) is 43.7 Å². The lowest BCUT2D eigenvalue weighted by Gasteiger charge is -2.40. The van der Waals surface area contributed by atoms with Crippen LogP contribution in [0.25, 0.3) is 0 Å². The smallest absolute Gasteiger partial charge is 0.0609 e. The summed E-state index contributed by atoms with van der Waals surface area (Å²) in [6.45, 7) is 5.39. The Hall–Kier alpha value is -0.120. The molecule has 0 heterocycles. The second-order valence-corrected chi connectivity index (χ2v) is 5.69. The average molecular weight is 215 g/mol. The van der Waals surface area contributed by atoms with Crippen molar-refractivity contribution in [2.75, 3.05) is 26.8 Å². The lowest BCUT2D eigenvalue weighted by molar-refractivity contribution is 0.0187. The van der Waals surface area contributed by atoms with Gasteiger partial charge in [0.2, 0.25) is 0 Å². The van der Waals surface area contributed by atoms with Crippen molar-refractivity contribution >= 4 is 0 Å². The molecule has 0 atom stereocenters. The first-order valence-electron chi connectivity index (χ1n) is 5.89. The standard InChI is InChI=1S/C12H25NO2/c1-11(2,9-14)13(3)8-12(10-15)6-4-5-7-12/h14-15H,4-10H2,1-3H3. The molecule has 0 amide bonds. The molecular formula is C12H25NO2. The van der Waals surface area contributed by atoms with Crippen LogP contribution in [0, 0.1) is 5.41 Å². The van der Waals surface area contributed by atoms with E-state index in [9.17, 15) is 10.2 Å². The van der Waals surface area contributed by atoms with Gasteiger partial charge in [0.05, 0.1) is 6.61 Å². The van der Waals surface area contributed by atoms with Gasteiger partial charge >= 0.3 is 0 Å². The highest BCUT2D eigenvalue weighted by molar-refractivity contribution is 4.90. The van der Waals surface area contributed by atoms with Crippen LogP contribution in [0.15, 0.2) is 0 Å². The summed E-state index contributed by atoms with van der Waals surface area (Å²) in [6, 6.07) is 0. The van der Waals surface area contributed by atoms with Gasteiger partial charge in [0.1, 0.15) is 0 Å². The summed E-state index contributed by atoms with van der Waals surface area (Å²) in [7, 11) is 2.03. The quantitative estimate of drug-likeness (QED) is 0.725. The molecule has 1 aliphatic rings. The van der Waals surface area contributed by atoms with Gasteiger partial charge in [-0.25, -0.2) is 0 Å². The number of aliphatic hydroxyl groups excluding tert-OH is 2. The van der Waals surface area contributed by atoms with E-state index in [0.717, 1.165) is 19.4 Å². The third-order valence-corrected chi connectivity index (χ3v) is 3.99. The van der Waals surface area contributed by atoms with E-state index < -0.39 is 0 Å². The molecule has 1 rings (SSSR count). The van der Waals surface area contributed by atoms with Gasteiger partial charge in [0.25, 0.3) is 0 Å². The maximum absolute atomic E-state index is 9.51. The van der Waals surface area contributed by atoms with Gasteiger partial charge in [-0.1, -0.05) is 12.8 Å². The summed E-state index contributed by atoms with van der Waals surface area (Å²) >= 11 is 0. The zero-order valence-electron chi connectivity index (χ0n) is 10.3. The molecule has 1 fully saturated rings. The molecule has 15 heavy (non-hydrogen) atoms. The molecule has 1 aliphatic carbocycles. The van der Waals surface area contributed by atoms with Crippen molar-refractivity contribution in [2.24, 2.45) is 5.41 Å². The van der Waals surface area contributed by atoms with Crippen LogP contribution in [0.4, 0.5) is 0 Å². The molecule has 0 saturated heterocycles. The van der Waals surface area contributed by atoms with Gasteiger partial charge in [-0.2, -0.15) is 0 Å². The third kappa shape index (κ3) is 2.92. The second kappa shape index (κ2) is 4.81.